The van der Waals surface area contributed by atoms with Crippen molar-refractivity contribution in [2.45, 2.75) is 38.6 Å². The first-order valence-electron chi connectivity index (χ1n) is 8.17. The van der Waals surface area contributed by atoms with Crippen molar-refractivity contribution in [3.8, 4) is 0 Å². The number of hydrogen-bond donors (Lipinski definition) is 2. The summed E-state index contributed by atoms with van der Waals surface area (Å²) in [6.07, 6.45) is 5.04. The first-order valence-corrected chi connectivity index (χ1v) is 8.17. The molecule has 2 N–H and O–H groups in total. The molecular formula is C17H25NO2. The predicted molar refractivity (Wildman–Crippen MR) is 76.7 cm³/mol. The Morgan fingerprint density at radius 2 is 1.80 bits per heavy atom. The molecule has 4 saturated carbocycles. The van der Waals surface area contributed by atoms with Crippen LogP contribution in [-0.4, -0.2) is 23.7 Å². The van der Waals surface area contributed by atoms with E-state index in [0.717, 1.165) is 36.0 Å². The summed E-state index contributed by atoms with van der Waals surface area (Å²) in [5.41, 5.74) is 0.623. The van der Waals surface area contributed by atoms with Gasteiger partial charge in [-0.1, -0.05) is 6.58 Å². The molecule has 4 aliphatic rings. The first-order chi connectivity index (χ1) is 9.60. The molecule has 0 spiro atoms. The van der Waals surface area contributed by atoms with Gasteiger partial charge in [-0.25, -0.2) is 0 Å². The molecule has 0 aromatic carbocycles. The highest BCUT2D eigenvalue weighted by molar-refractivity contribution is 5.92. The molecule has 1 amide bonds. The molecule has 0 aliphatic heterocycles. The van der Waals surface area contributed by atoms with E-state index in [-0.39, 0.29) is 5.91 Å². The van der Waals surface area contributed by atoms with Gasteiger partial charge >= 0.3 is 0 Å². The normalized spacial score (nSPS) is 51.3. The molecule has 4 rings (SSSR count). The lowest BCUT2D eigenvalue weighted by Gasteiger charge is -2.41. The average Bonchev–Trinajstić information content (AvgIpc) is 3.14. The zero-order valence-corrected chi connectivity index (χ0v) is 12.2. The van der Waals surface area contributed by atoms with Crippen molar-refractivity contribution >= 4 is 5.91 Å². The fraction of sp³-hybridized carbons (Fsp3) is 0.824. The largest absolute Gasteiger partial charge is 0.396 e. The minimum Gasteiger partial charge on any atom is -0.396 e. The molecule has 8 atom stereocenters. The Morgan fingerprint density at radius 1 is 1.15 bits per heavy atom. The second-order valence-electron chi connectivity index (χ2n) is 7.75. The van der Waals surface area contributed by atoms with Gasteiger partial charge in [-0.05, 0) is 74.0 Å². The van der Waals surface area contributed by atoms with Gasteiger partial charge in [0.2, 0.25) is 5.91 Å². The van der Waals surface area contributed by atoms with E-state index in [1.165, 1.54) is 19.3 Å². The predicted octanol–water partition coefficient (Wildman–Crippen LogP) is 1.97. The van der Waals surface area contributed by atoms with Crippen LogP contribution in [0.3, 0.4) is 0 Å². The molecule has 0 radical (unpaired) electrons. The average molecular weight is 275 g/mol. The minimum atomic E-state index is 0.0375. The second kappa shape index (κ2) is 4.33. The van der Waals surface area contributed by atoms with Crippen LogP contribution in [0.4, 0.5) is 0 Å². The summed E-state index contributed by atoms with van der Waals surface area (Å²) in [4.78, 5) is 11.9. The summed E-state index contributed by atoms with van der Waals surface area (Å²) in [5.74, 6) is 5.39. The van der Waals surface area contributed by atoms with E-state index in [9.17, 15) is 9.90 Å². The molecule has 4 fully saturated rings. The number of fused-ring (bicyclic) bond motifs is 9. The van der Waals surface area contributed by atoms with Crippen molar-refractivity contribution in [1.29, 1.82) is 0 Å². The molecule has 3 nitrogen and oxygen atoms in total. The van der Waals surface area contributed by atoms with Crippen LogP contribution in [0.25, 0.3) is 0 Å². The fourth-order valence-electron chi connectivity index (χ4n) is 6.40. The van der Waals surface area contributed by atoms with Crippen molar-refractivity contribution in [2.75, 3.05) is 6.61 Å². The number of hydrogen-bond acceptors (Lipinski definition) is 2. The zero-order valence-electron chi connectivity index (χ0n) is 12.2. The number of aliphatic hydroxyl groups is 1. The van der Waals surface area contributed by atoms with Gasteiger partial charge in [-0.15, -0.1) is 0 Å². The number of amides is 1. The van der Waals surface area contributed by atoms with Gasteiger partial charge in [0.1, 0.15) is 0 Å². The van der Waals surface area contributed by atoms with Crippen LogP contribution >= 0.6 is 0 Å². The maximum absolute atomic E-state index is 11.9. The number of carbonyl (C=O) groups is 1. The molecule has 0 heterocycles. The van der Waals surface area contributed by atoms with Crippen LogP contribution in [0.2, 0.25) is 0 Å². The second-order valence-corrected chi connectivity index (χ2v) is 7.75. The van der Waals surface area contributed by atoms with Gasteiger partial charge in [0, 0.05) is 18.2 Å². The molecule has 4 bridgehead atoms. The zero-order chi connectivity index (χ0) is 14.0. The molecule has 0 aromatic rings. The van der Waals surface area contributed by atoms with Gasteiger partial charge in [-0.2, -0.15) is 0 Å². The van der Waals surface area contributed by atoms with E-state index in [4.69, 9.17) is 0 Å². The van der Waals surface area contributed by atoms with Crippen molar-refractivity contribution < 1.29 is 9.90 Å². The topological polar surface area (TPSA) is 49.3 Å². The maximum atomic E-state index is 11.9. The molecule has 20 heavy (non-hydrogen) atoms. The number of carbonyl (C=O) groups excluding carboxylic acids is 1. The number of nitrogens with one attached hydrogen (secondary N) is 1. The third-order valence-electron chi connectivity index (χ3n) is 6.89. The molecule has 3 heteroatoms. The smallest absolute Gasteiger partial charge is 0.246 e. The Labute approximate surface area is 120 Å². The summed E-state index contributed by atoms with van der Waals surface area (Å²) in [6, 6.07) is 0.386. The summed E-state index contributed by atoms with van der Waals surface area (Å²) >= 11 is 0. The Balaban J connectivity index is 1.50. The summed E-state index contributed by atoms with van der Waals surface area (Å²) < 4.78 is 0. The van der Waals surface area contributed by atoms with Crippen molar-refractivity contribution in [1.82, 2.24) is 5.32 Å². The fourth-order valence-corrected chi connectivity index (χ4v) is 6.40. The van der Waals surface area contributed by atoms with E-state index in [1.807, 2.05) is 0 Å². The summed E-state index contributed by atoms with van der Waals surface area (Å²) in [5, 5.41) is 12.8. The monoisotopic (exact) mass is 275 g/mol. The van der Waals surface area contributed by atoms with Crippen molar-refractivity contribution in [3.05, 3.63) is 12.2 Å². The Kier molecular flexibility index (Phi) is 2.79. The van der Waals surface area contributed by atoms with Crippen LogP contribution in [0, 0.1) is 41.4 Å². The van der Waals surface area contributed by atoms with Crippen LogP contribution in [0.15, 0.2) is 12.2 Å². The standard InChI is InChI=1S/C17H25NO2/c1-8(2)17(20)18-14-6-10-5-13(14)16-9-3-11(7-19)12(4-9)15(10)16/h9-16,19H,1,3-7H2,2H3,(H,18,20). The molecule has 0 aromatic heterocycles. The lowest BCUT2D eigenvalue weighted by Crippen LogP contribution is -2.46. The summed E-state index contributed by atoms with van der Waals surface area (Å²) in [7, 11) is 0. The lowest BCUT2D eigenvalue weighted by molar-refractivity contribution is -0.118. The van der Waals surface area contributed by atoms with E-state index in [1.54, 1.807) is 6.92 Å². The molecule has 0 saturated heterocycles. The highest BCUT2D eigenvalue weighted by atomic mass is 16.3. The van der Waals surface area contributed by atoms with Gasteiger partial charge < -0.3 is 10.4 Å². The summed E-state index contributed by atoms with van der Waals surface area (Å²) in [6.45, 7) is 5.92. The van der Waals surface area contributed by atoms with Crippen molar-refractivity contribution in [2.24, 2.45) is 41.4 Å². The third-order valence-corrected chi connectivity index (χ3v) is 6.89. The third kappa shape index (κ3) is 1.59. The number of aliphatic hydroxyl groups excluding tert-OH is 1. The van der Waals surface area contributed by atoms with E-state index >= 15 is 0 Å². The molecule has 4 aliphatic carbocycles. The van der Waals surface area contributed by atoms with Gasteiger partial charge in [0.25, 0.3) is 0 Å². The SMILES string of the molecule is C=C(C)C(=O)NC1CC2CC1C1C3CC(CO)C(C3)C21. The van der Waals surface area contributed by atoms with Crippen LogP contribution in [0.1, 0.15) is 32.6 Å². The maximum Gasteiger partial charge on any atom is 0.246 e. The highest BCUT2D eigenvalue weighted by Crippen LogP contribution is 2.68. The minimum absolute atomic E-state index is 0.0375. The Hall–Kier alpha value is -0.830. The van der Waals surface area contributed by atoms with E-state index in [0.29, 0.717) is 30.1 Å². The highest BCUT2D eigenvalue weighted by Gasteiger charge is 2.64. The molecule has 8 unspecified atom stereocenters. The first kappa shape index (κ1) is 12.9. The van der Waals surface area contributed by atoms with Gasteiger partial charge in [0.05, 0.1) is 0 Å². The quantitative estimate of drug-likeness (QED) is 0.611. The van der Waals surface area contributed by atoms with Gasteiger partial charge in [-0.3, -0.25) is 4.79 Å². The van der Waals surface area contributed by atoms with Crippen LogP contribution in [-0.2, 0) is 4.79 Å². The van der Waals surface area contributed by atoms with E-state index in [2.05, 4.69) is 11.9 Å². The Bertz CT molecular complexity index is 460. The van der Waals surface area contributed by atoms with E-state index < -0.39 is 0 Å². The molecule has 110 valence electrons. The van der Waals surface area contributed by atoms with Crippen molar-refractivity contribution in [3.63, 3.8) is 0 Å². The lowest BCUT2D eigenvalue weighted by atomic mass is 9.66. The van der Waals surface area contributed by atoms with Crippen LogP contribution in [0.5, 0.6) is 0 Å². The molecular weight excluding hydrogens is 250 g/mol. The van der Waals surface area contributed by atoms with Crippen LogP contribution < -0.4 is 5.32 Å². The van der Waals surface area contributed by atoms with Gasteiger partial charge in [0.15, 0.2) is 0 Å². The Morgan fingerprint density at radius 3 is 2.50 bits per heavy atom. The number of rotatable bonds is 3.